The molecule has 0 spiro atoms. The maximum Gasteiger partial charge on any atom is 0.0654 e. The van der Waals surface area contributed by atoms with E-state index in [4.69, 9.17) is 0 Å². The Balaban J connectivity index is 2.08. The smallest absolute Gasteiger partial charge is 0.0654 e. The van der Waals surface area contributed by atoms with E-state index in [1.54, 1.807) is 0 Å². The highest BCUT2D eigenvalue weighted by Gasteiger charge is 2.05. The van der Waals surface area contributed by atoms with Gasteiger partial charge in [-0.15, -0.1) is 0 Å². The third-order valence-electron chi connectivity index (χ3n) is 3.45. The van der Waals surface area contributed by atoms with Gasteiger partial charge in [0.2, 0.25) is 0 Å². The quantitative estimate of drug-likeness (QED) is 0.666. The maximum absolute atomic E-state index is 4.44. The summed E-state index contributed by atoms with van der Waals surface area (Å²) in [6.07, 6.45) is 1.91. The molecule has 1 heterocycles. The van der Waals surface area contributed by atoms with Gasteiger partial charge in [-0.25, -0.2) is 4.68 Å². The molecule has 0 saturated heterocycles. The second kappa shape index (κ2) is 4.73. The minimum absolute atomic E-state index is 1.10. The van der Waals surface area contributed by atoms with E-state index in [2.05, 4.69) is 67.5 Å². The van der Waals surface area contributed by atoms with Gasteiger partial charge >= 0.3 is 0 Å². The molecule has 0 bridgehead atoms. The van der Waals surface area contributed by atoms with E-state index in [9.17, 15) is 0 Å². The number of benzene rings is 2. The Morgan fingerprint density at radius 1 is 0.842 bits per heavy atom. The first-order valence-electron chi connectivity index (χ1n) is 6.43. The van der Waals surface area contributed by atoms with Crippen molar-refractivity contribution < 1.29 is 0 Å². The van der Waals surface area contributed by atoms with Crippen LogP contribution in [0.25, 0.3) is 16.8 Å². The van der Waals surface area contributed by atoms with Gasteiger partial charge in [-0.2, -0.15) is 5.10 Å². The van der Waals surface area contributed by atoms with Gasteiger partial charge < -0.3 is 0 Å². The second-order valence-electron chi connectivity index (χ2n) is 4.74. The Bertz CT molecular complexity index is 696. The highest BCUT2D eigenvalue weighted by Crippen LogP contribution is 2.22. The molecule has 2 heteroatoms. The maximum atomic E-state index is 4.44. The van der Waals surface area contributed by atoms with E-state index in [0.29, 0.717) is 0 Å². The fourth-order valence-corrected chi connectivity index (χ4v) is 2.20. The predicted octanol–water partition coefficient (Wildman–Crippen LogP) is 4.16. The van der Waals surface area contributed by atoms with Crippen molar-refractivity contribution in [3.05, 3.63) is 72.1 Å². The summed E-state index contributed by atoms with van der Waals surface area (Å²) < 4.78 is 1.99. The molecule has 19 heavy (non-hydrogen) atoms. The number of aromatic nitrogens is 2. The third-order valence-corrected chi connectivity index (χ3v) is 3.45. The van der Waals surface area contributed by atoms with Crippen molar-refractivity contribution in [2.75, 3.05) is 0 Å². The molecule has 0 fully saturated rings. The Morgan fingerprint density at radius 3 is 2.26 bits per heavy atom. The summed E-state index contributed by atoms with van der Waals surface area (Å²) >= 11 is 0. The average Bonchev–Trinajstić information content (AvgIpc) is 2.80. The standard InChI is InChI=1S/C17H16N2/c1-13-12-18-19(14(13)2)17-10-6-9-16(11-17)15-7-4-3-5-8-15/h3-12H,1-2H3. The highest BCUT2D eigenvalue weighted by atomic mass is 15.3. The Labute approximate surface area is 113 Å². The van der Waals surface area contributed by atoms with Crippen molar-refractivity contribution in [2.45, 2.75) is 13.8 Å². The molecule has 2 nitrogen and oxygen atoms in total. The number of hydrogen-bond acceptors (Lipinski definition) is 1. The lowest BCUT2D eigenvalue weighted by atomic mass is 10.1. The summed E-state index contributed by atoms with van der Waals surface area (Å²) in [5.41, 5.74) is 5.94. The summed E-state index contributed by atoms with van der Waals surface area (Å²) in [7, 11) is 0. The van der Waals surface area contributed by atoms with E-state index in [1.165, 1.54) is 22.4 Å². The van der Waals surface area contributed by atoms with Crippen LogP contribution in [0.4, 0.5) is 0 Å². The van der Waals surface area contributed by atoms with Crippen molar-refractivity contribution in [1.82, 2.24) is 9.78 Å². The lowest BCUT2D eigenvalue weighted by Gasteiger charge is -2.08. The van der Waals surface area contributed by atoms with Crippen LogP contribution in [0.3, 0.4) is 0 Å². The first kappa shape index (κ1) is 11.7. The van der Waals surface area contributed by atoms with Gasteiger partial charge in [-0.1, -0.05) is 42.5 Å². The summed E-state index contributed by atoms with van der Waals surface area (Å²) in [6.45, 7) is 4.18. The normalized spacial score (nSPS) is 10.6. The van der Waals surface area contributed by atoms with Gasteiger partial charge in [-0.3, -0.25) is 0 Å². The summed E-state index contributed by atoms with van der Waals surface area (Å²) in [5.74, 6) is 0. The largest absolute Gasteiger partial charge is 0.238 e. The van der Waals surface area contributed by atoms with Crippen LogP contribution in [0, 0.1) is 13.8 Å². The monoisotopic (exact) mass is 248 g/mol. The van der Waals surface area contributed by atoms with E-state index in [1.807, 2.05) is 16.9 Å². The number of hydrogen-bond donors (Lipinski definition) is 0. The van der Waals surface area contributed by atoms with Crippen LogP contribution in [0.5, 0.6) is 0 Å². The minimum atomic E-state index is 1.10. The number of aryl methyl sites for hydroxylation is 1. The fourth-order valence-electron chi connectivity index (χ4n) is 2.20. The van der Waals surface area contributed by atoms with Crippen molar-refractivity contribution in [1.29, 1.82) is 0 Å². The minimum Gasteiger partial charge on any atom is -0.238 e. The SMILES string of the molecule is Cc1cnn(-c2cccc(-c3ccccc3)c2)c1C. The molecule has 94 valence electrons. The van der Waals surface area contributed by atoms with E-state index in [0.717, 1.165) is 5.69 Å². The van der Waals surface area contributed by atoms with Crippen LogP contribution in [-0.2, 0) is 0 Å². The third kappa shape index (κ3) is 2.17. The van der Waals surface area contributed by atoms with Crippen LogP contribution in [0.2, 0.25) is 0 Å². The van der Waals surface area contributed by atoms with E-state index >= 15 is 0 Å². The Morgan fingerprint density at radius 2 is 1.58 bits per heavy atom. The number of nitrogens with zero attached hydrogens (tertiary/aromatic N) is 2. The molecule has 3 rings (SSSR count). The molecule has 3 aromatic rings. The lowest BCUT2D eigenvalue weighted by molar-refractivity contribution is 0.846. The first-order valence-corrected chi connectivity index (χ1v) is 6.43. The highest BCUT2D eigenvalue weighted by molar-refractivity contribution is 5.65. The van der Waals surface area contributed by atoms with Crippen LogP contribution in [-0.4, -0.2) is 9.78 Å². The zero-order valence-corrected chi connectivity index (χ0v) is 11.2. The number of rotatable bonds is 2. The molecular weight excluding hydrogens is 232 g/mol. The van der Waals surface area contributed by atoms with Crippen LogP contribution < -0.4 is 0 Å². The molecule has 0 aliphatic heterocycles. The molecule has 0 unspecified atom stereocenters. The topological polar surface area (TPSA) is 17.8 Å². The van der Waals surface area contributed by atoms with Gasteiger partial charge in [0.1, 0.15) is 0 Å². The predicted molar refractivity (Wildman–Crippen MR) is 78.5 cm³/mol. The first-order chi connectivity index (χ1) is 9.25. The zero-order chi connectivity index (χ0) is 13.2. The van der Waals surface area contributed by atoms with Gasteiger partial charge in [0.05, 0.1) is 11.9 Å². The Hall–Kier alpha value is -2.35. The van der Waals surface area contributed by atoms with Crippen LogP contribution >= 0.6 is 0 Å². The van der Waals surface area contributed by atoms with Crippen molar-refractivity contribution in [3.63, 3.8) is 0 Å². The zero-order valence-electron chi connectivity index (χ0n) is 11.2. The fraction of sp³-hybridized carbons (Fsp3) is 0.118. The molecule has 0 amide bonds. The lowest BCUT2D eigenvalue weighted by Crippen LogP contribution is -1.99. The van der Waals surface area contributed by atoms with Crippen molar-refractivity contribution in [2.24, 2.45) is 0 Å². The molecule has 0 atom stereocenters. The Kier molecular flexibility index (Phi) is 2.92. The molecule has 1 aromatic heterocycles. The van der Waals surface area contributed by atoms with Crippen LogP contribution in [0.1, 0.15) is 11.3 Å². The van der Waals surface area contributed by atoms with Crippen LogP contribution in [0.15, 0.2) is 60.8 Å². The average molecular weight is 248 g/mol. The summed E-state index contributed by atoms with van der Waals surface area (Å²) in [6, 6.07) is 18.9. The van der Waals surface area contributed by atoms with E-state index in [-0.39, 0.29) is 0 Å². The van der Waals surface area contributed by atoms with Crippen molar-refractivity contribution >= 4 is 0 Å². The molecule has 0 aliphatic rings. The summed E-state index contributed by atoms with van der Waals surface area (Å²) in [4.78, 5) is 0. The van der Waals surface area contributed by atoms with Gasteiger partial charge in [-0.05, 0) is 42.7 Å². The molecule has 0 saturated carbocycles. The van der Waals surface area contributed by atoms with Gasteiger partial charge in [0.15, 0.2) is 0 Å². The van der Waals surface area contributed by atoms with Gasteiger partial charge in [0, 0.05) is 5.69 Å². The van der Waals surface area contributed by atoms with E-state index < -0.39 is 0 Å². The second-order valence-corrected chi connectivity index (χ2v) is 4.74. The summed E-state index contributed by atoms with van der Waals surface area (Å²) in [5, 5.41) is 4.44. The molecule has 0 aliphatic carbocycles. The molecular formula is C17H16N2. The molecule has 0 radical (unpaired) electrons. The van der Waals surface area contributed by atoms with Gasteiger partial charge in [0.25, 0.3) is 0 Å². The van der Waals surface area contributed by atoms with Crippen molar-refractivity contribution in [3.8, 4) is 16.8 Å². The molecule has 0 N–H and O–H groups in total. The molecule has 2 aromatic carbocycles.